The maximum absolute atomic E-state index is 13.5. The van der Waals surface area contributed by atoms with Crippen LogP contribution in [-0.2, 0) is 9.57 Å². The van der Waals surface area contributed by atoms with Crippen LogP contribution in [0.25, 0.3) is 0 Å². The third-order valence-electron chi connectivity index (χ3n) is 2.42. The van der Waals surface area contributed by atoms with Crippen LogP contribution in [0.1, 0.15) is 20.8 Å². The summed E-state index contributed by atoms with van der Waals surface area (Å²) in [6.45, 7) is 5.40. The van der Waals surface area contributed by atoms with Crippen LogP contribution in [0, 0.1) is 5.92 Å². The number of halogens is 1. The quantitative estimate of drug-likeness (QED) is 0.588. The Morgan fingerprint density at radius 3 is 2.54 bits per heavy atom. The fraction of sp³-hybridized carbons (Fsp3) is 0.889. The molecule has 1 aliphatic rings. The lowest BCUT2D eigenvalue weighted by Gasteiger charge is -2.34. The van der Waals surface area contributed by atoms with Gasteiger partial charge in [-0.1, -0.05) is 12.1 Å². The number of alkyl halides is 1. The fourth-order valence-corrected chi connectivity index (χ4v) is 1.67. The standard InChI is InChI=1S/C9H16FNO2/c1-5-8(10)6(2)13-7(3)9(5)11-12-4/h5-8H,1-4H3/b11-9+. The maximum atomic E-state index is 13.5. The normalized spacial score (nSPS) is 43.6. The average Bonchev–Trinajstić information content (AvgIpc) is 2.09. The van der Waals surface area contributed by atoms with Gasteiger partial charge in [-0.25, -0.2) is 4.39 Å². The highest BCUT2D eigenvalue weighted by atomic mass is 19.1. The van der Waals surface area contributed by atoms with Gasteiger partial charge in [0.2, 0.25) is 0 Å². The van der Waals surface area contributed by atoms with Crippen molar-refractivity contribution < 1.29 is 14.0 Å². The summed E-state index contributed by atoms with van der Waals surface area (Å²) in [7, 11) is 1.46. The molecular formula is C9H16FNO2. The van der Waals surface area contributed by atoms with Crippen LogP contribution in [0.5, 0.6) is 0 Å². The predicted molar refractivity (Wildman–Crippen MR) is 48.5 cm³/mol. The van der Waals surface area contributed by atoms with E-state index in [4.69, 9.17) is 4.74 Å². The Hall–Kier alpha value is -0.640. The zero-order chi connectivity index (χ0) is 10.0. The van der Waals surface area contributed by atoms with Crippen molar-refractivity contribution in [1.29, 1.82) is 0 Å². The third kappa shape index (κ3) is 1.99. The largest absolute Gasteiger partial charge is 0.399 e. The van der Waals surface area contributed by atoms with E-state index in [0.717, 1.165) is 0 Å². The van der Waals surface area contributed by atoms with E-state index >= 15 is 0 Å². The molecule has 0 saturated carbocycles. The molecule has 1 rings (SSSR count). The Bertz CT molecular complexity index is 208. The first-order valence-corrected chi connectivity index (χ1v) is 4.48. The molecule has 4 unspecified atom stereocenters. The van der Waals surface area contributed by atoms with Gasteiger partial charge in [-0.3, -0.25) is 0 Å². The molecule has 13 heavy (non-hydrogen) atoms. The molecule has 0 radical (unpaired) electrons. The van der Waals surface area contributed by atoms with Crippen molar-refractivity contribution in [2.45, 2.75) is 39.2 Å². The monoisotopic (exact) mass is 189 g/mol. The van der Waals surface area contributed by atoms with E-state index < -0.39 is 6.17 Å². The van der Waals surface area contributed by atoms with Crippen LogP contribution < -0.4 is 0 Å². The number of oxime groups is 1. The zero-order valence-electron chi connectivity index (χ0n) is 8.45. The molecule has 0 aromatic carbocycles. The van der Waals surface area contributed by atoms with E-state index in [1.165, 1.54) is 7.11 Å². The molecule has 1 aliphatic heterocycles. The highest BCUT2D eigenvalue weighted by molar-refractivity contribution is 5.91. The molecule has 4 heteroatoms. The molecule has 0 aliphatic carbocycles. The Balaban J connectivity index is 2.79. The molecule has 0 N–H and O–H groups in total. The van der Waals surface area contributed by atoms with E-state index in [2.05, 4.69) is 9.99 Å². The second-order valence-electron chi connectivity index (χ2n) is 3.42. The lowest BCUT2D eigenvalue weighted by molar-refractivity contribution is -0.0410. The Morgan fingerprint density at radius 2 is 2.00 bits per heavy atom. The van der Waals surface area contributed by atoms with Gasteiger partial charge in [0.15, 0.2) is 0 Å². The van der Waals surface area contributed by atoms with Gasteiger partial charge in [-0.05, 0) is 13.8 Å². The Morgan fingerprint density at radius 1 is 1.38 bits per heavy atom. The zero-order valence-corrected chi connectivity index (χ0v) is 8.45. The summed E-state index contributed by atoms with van der Waals surface area (Å²) < 4.78 is 18.8. The van der Waals surface area contributed by atoms with Gasteiger partial charge < -0.3 is 9.57 Å². The summed E-state index contributed by atoms with van der Waals surface area (Å²) in [5.74, 6) is -0.223. The molecule has 0 bridgehead atoms. The van der Waals surface area contributed by atoms with Gasteiger partial charge in [0.1, 0.15) is 13.3 Å². The summed E-state index contributed by atoms with van der Waals surface area (Å²) >= 11 is 0. The van der Waals surface area contributed by atoms with Crippen LogP contribution in [0.2, 0.25) is 0 Å². The minimum absolute atomic E-state index is 0.156. The highest BCUT2D eigenvalue weighted by Gasteiger charge is 2.37. The van der Waals surface area contributed by atoms with Crippen LogP contribution in [-0.4, -0.2) is 31.2 Å². The molecule has 0 aromatic heterocycles. The Labute approximate surface area is 77.9 Å². The van der Waals surface area contributed by atoms with Crippen LogP contribution >= 0.6 is 0 Å². The highest BCUT2D eigenvalue weighted by Crippen LogP contribution is 2.25. The molecular weight excluding hydrogens is 173 g/mol. The summed E-state index contributed by atoms with van der Waals surface area (Å²) in [6, 6.07) is 0. The van der Waals surface area contributed by atoms with Gasteiger partial charge in [-0.15, -0.1) is 0 Å². The number of hydrogen-bond donors (Lipinski definition) is 0. The topological polar surface area (TPSA) is 30.8 Å². The molecule has 76 valence electrons. The van der Waals surface area contributed by atoms with Crippen molar-refractivity contribution in [3.63, 3.8) is 0 Å². The second-order valence-corrected chi connectivity index (χ2v) is 3.42. The molecule has 4 atom stereocenters. The number of rotatable bonds is 1. The van der Waals surface area contributed by atoms with Gasteiger partial charge in [0.25, 0.3) is 0 Å². The molecule has 3 nitrogen and oxygen atoms in total. The van der Waals surface area contributed by atoms with Crippen molar-refractivity contribution >= 4 is 5.71 Å². The SMILES string of the molecule is CO/N=C1/C(C)OC(C)C(F)C1C. The predicted octanol–water partition coefficient (Wildman–Crippen LogP) is 1.77. The van der Waals surface area contributed by atoms with Gasteiger partial charge in [-0.2, -0.15) is 0 Å². The van der Waals surface area contributed by atoms with Crippen LogP contribution in [0.3, 0.4) is 0 Å². The second kappa shape index (κ2) is 4.05. The lowest BCUT2D eigenvalue weighted by Crippen LogP contribution is -2.46. The van der Waals surface area contributed by atoms with Crippen LogP contribution in [0.15, 0.2) is 5.16 Å². The van der Waals surface area contributed by atoms with E-state index in [0.29, 0.717) is 5.71 Å². The fourth-order valence-electron chi connectivity index (χ4n) is 1.67. The molecule has 0 aromatic rings. The van der Waals surface area contributed by atoms with E-state index in [1.54, 1.807) is 13.8 Å². The van der Waals surface area contributed by atoms with E-state index in [-0.39, 0.29) is 18.1 Å². The molecule has 1 saturated heterocycles. The van der Waals surface area contributed by atoms with Crippen molar-refractivity contribution in [2.24, 2.45) is 11.1 Å². The van der Waals surface area contributed by atoms with Crippen molar-refractivity contribution in [3.8, 4) is 0 Å². The van der Waals surface area contributed by atoms with Gasteiger partial charge in [0.05, 0.1) is 17.9 Å². The summed E-state index contributed by atoms with van der Waals surface area (Å²) in [4.78, 5) is 4.65. The minimum Gasteiger partial charge on any atom is -0.399 e. The van der Waals surface area contributed by atoms with E-state index in [1.807, 2.05) is 6.92 Å². The summed E-state index contributed by atoms with van der Waals surface area (Å²) in [5, 5.41) is 3.78. The molecule has 1 fully saturated rings. The first-order chi connectivity index (χ1) is 6.07. The molecule has 1 heterocycles. The maximum Gasteiger partial charge on any atom is 0.134 e. The van der Waals surface area contributed by atoms with Crippen molar-refractivity contribution in [2.75, 3.05) is 7.11 Å². The number of ether oxygens (including phenoxy) is 1. The van der Waals surface area contributed by atoms with Gasteiger partial charge >= 0.3 is 0 Å². The summed E-state index contributed by atoms with van der Waals surface area (Å²) in [6.07, 6.45) is -1.51. The minimum atomic E-state index is -0.995. The third-order valence-corrected chi connectivity index (χ3v) is 2.42. The molecule has 0 spiro atoms. The van der Waals surface area contributed by atoms with Crippen LogP contribution in [0.4, 0.5) is 4.39 Å². The Kier molecular flexibility index (Phi) is 3.25. The average molecular weight is 189 g/mol. The molecule has 0 amide bonds. The lowest BCUT2D eigenvalue weighted by atomic mass is 9.90. The number of nitrogens with zero attached hydrogens (tertiary/aromatic N) is 1. The van der Waals surface area contributed by atoms with Crippen molar-refractivity contribution in [1.82, 2.24) is 0 Å². The smallest absolute Gasteiger partial charge is 0.134 e. The first-order valence-electron chi connectivity index (χ1n) is 4.48. The first kappa shape index (κ1) is 10.4. The van der Waals surface area contributed by atoms with Crippen molar-refractivity contribution in [3.05, 3.63) is 0 Å². The number of hydrogen-bond acceptors (Lipinski definition) is 3. The van der Waals surface area contributed by atoms with E-state index in [9.17, 15) is 4.39 Å². The summed E-state index contributed by atoms with van der Waals surface area (Å²) in [5.41, 5.74) is 0.646. The van der Waals surface area contributed by atoms with Gasteiger partial charge in [0, 0.05) is 5.92 Å².